The van der Waals surface area contributed by atoms with Gasteiger partial charge in [-0.1, -0.05) is 30.3 Å². The van der Waals surface area contributed by atoms with E-state index in [0.717, 1.165) is 23.8 Å². The van der Waals surface area contributed by atoms with Gasteiger partial charge in [0.2, 0.25) is 0 Å². The molecule has 0 saturated carbocycles. The molecule has 3 heteroatoms. The Balaban J connectivity index is 1.72. The molecule has 1 fully saturated rings. The van der Waals surface area contributed by atoms with E-state index in [0.29, 0.717) is 0 Å². The molecule has 0 bridgehead atoms. The molecule has 1 aliphatic heterocycles. The van der Waals surface area contributed by atoms with Crippen LogP contribution >= 0.6 is 11.8 Å². The van der Waals surface area contributed by atoms with Gasteiger partial charge in [0.05, 0.1) is 6.10 Å². The molecule has 100 valence electrons. The van der Waals surface area contributed by atoms with Crippen molar-refractivity contribution in [1.29, 1.82) is 0 Å². The second-order valence-corrected chi connectivity index (χ2v) is 6.13. The number of piperidine rings is 1. The highest BCUT2D eigenvalue weighted by Gasteiger charge is 2.18. The number of aliphatic hydroxyl groups is 1. The van der Waals surface area contributed by atoms with Crippen molar-refractivity contribution in [3.63, 3.8) is 0 Å². The average Bonchev–Trinajstić information content (AvgIpc) is 2.46. The highest BCUT2D eigenvalue weighted by molar-refractivity contribution is 7.99. The van der Waals surface area contributed by atoms with Gasteiger partial charge in [-0.05, 0) is 44.2 Å². The Hall–Kier alpha value is -0.510. The predicted molar refractivity (Wildman–Crippen MR) is 79.0 cm³/mol. The van der Waals surface area contributed by atoms with Crippen molar-refractivity contribution in [3.8, 4) is 0 Å². The van der Waals surface area contributed by atoms with Gasteiger partial charge < -0.3 is 10.0 Å². The first kappa shape index (κ1) is 13.9. The normalized spacial score (nSPS) is 19.9. The number of nitrogens with zero attached hydrogens (tertiary/aromatic N) is 1. The van der Waals surface area contributed by atoms with Crippen LogP contribution in [-0.4, -0.2) is 41.1 Å². The van der Waals surface area contributed by atoms with Gasteiger partial charge in [0, 0.05) is 11.8 Å². The number of benzene rings is 1. The molecule has 18 heavy (non-hydrogen) atoms. The first-order valence-electron chi connectivity index (χ1n) is 6.77. The van der Waals surface area contributed by atoms with Crippen LogP contribution in [0.3, 0.4) is 0 Å². The molecule has 0 amide bonds. The summed E-state index contributed by atoms with van der Waals surface area (Å²) in [5.74, 6) is 0. The molecular formula is C15H23NOS. The van der Waals surface area contributed by atoms with Crippen LogP contribution in [-0.2, 0) is 0 Å². The van der Waals surface area contributed by atoms with Crippen LogP contribution in [0, 0.1) is 0 Å². The van der Waals surface area contributed by atoms with Crippen molar-refractivity contribution >= 4 is 11.8 Å². The SMILES string of the molecule is CSC1CCN(CC[C@@H](O)c2ccccc2)CC1. The fourth-order valence-electron chi connectivity index (χ4n) is 2.52. The van der Waals surface area contributed by atoms with E-state index >= 15 is 0 Å². The second-order valence-electron chi connectivity index (χ2n) is 4.99. The minimum absolute atomic E-state index is 0.315. The number of likely N-dealkylation sites (tertiary alicyclic amines) is 1. The number of rotatable bonds is 5. The zero-order chi connectivity index (χ0) is 12.8. The Morgan fingerprint density at radius 3 is 2.56 bits per heavy atom. The molecule has 0 radical (unpaired) electrons. The molecule has 1 heterocycles. The lowest BCUT2D eigenvalue weighted by molar-refractivity contribution is 0.135. The molecular weight excluding hydrogens is 242 g/mol. The van der Waals surface area contributed by atoms with Crippen LogP contribution in [0.2, 0.25) is 0 Å². The van der Waals surface area contributed by atoms with Crippen molar-refractivity contribution in [2.24, 2.45) is 0 Å². The summed E-state index contributed by atoms with van der Waals surface area (Å²) in [6, 6.07) is 9.98. The maximum atomic E-state index is 10.1. The van der Waals surface area contributed by atoms with Gasteiger partial charge in [-0.3, -0.25) is 0 Å². The number of aliphatic hydroxyl groups excluding tert-OH is 1. The van der Waals surface area contributed by atoms with Gasteiger partial charge in [0.15, 0.2) is 0 Å². The molecule has 2 rings (SSSR count). The number of thioether (sulfide) groups is 1. The summed E-state index contributed by atoms with van der Waals surface area (Å²) < 4.78 is 0. The quantitative estimate of drug-likeness (QED) is 0.885. The second kappa shape index (κ2) is 7.17. The molecule has 0 aromatic heterocycles. The van der Waals surface area contributed by atoms with Crippen molar-refractivity contribution in [3.05, 3.63) is 35.9 Å². The lowest BCUT2D eigenvalue weighted by atomic mass is 10.1. The first-order valence-corrected chi connectivity index (χ1v) is 8.06. The molecule has 1 N–H and O–H groups in total. The van der Waals surface area contributed by atoms with Gasteiger partial charge in [-0.2, -0.15) is 11.8 Å². The third-order valence-electron chi connectivity index (χ3n) is 3.77. The number of hydrogen-bond donors (Lipinski definition) is 1. The van der Waals surface area contributed by atoms with Crippen LogP contribution < -0.4 is 0 Å². The largest absolute Gasteiger partial charge is 0.388 e. The van der Waals surface area contributed by atoms with E-state index in [2.05, 4.69) is 11.2 Å². The smallest absolute Gasteiger partial charge is 0.0802 e. The van der Waals surface area contributed by atoms with Crippen molar-refractivity contribution < 1.29 is 5.11 Å². The zero-order valence-electron chi connectivity index (χ0n) is 11.1. The highest BCUT2D eigenvalue weighted by atomic mass is 32.2. The lowest BCUT2D eigenvalue weighted by Gasteiger charge is -2.31. The first-order chi connectivity index (χ1) is 8.79. The maximum absolute atomic E-state index is 10.1. The molecule has 1 aromatic rings. The maximum Gasteiger partial charge on any atom is 0.0802 e. The van der Waals surface area contributed by atoms with Crippen LogP contribution in [0.5, 0.6) is 0 Å². The lowest BCUT2D eigenvalue weighted by Crippen LogP contribution is -2.35. The van der Waals surface area contributed by atoms with Crippen molar-refractivity contribution in [2.45, 2.75) is 30.6 Å². The molecule has 2 nitrogen and oxygen atoms in total. The summed E-state index contributed by atoms with van der Waals surface area (Å²) in [4.78, 5) is 2.49. The van der Waals surface area contributed by atoms with E-state index in [1.807, 2.05) is 42.1 Å². The third kappa shape index (κ3) is 4.01. The predicted octanol–water partition coefficient (Wildman–Crippen LogP) is 2.94. The van der Waals surface area contributed by atoms with Crippen LogP contribution in [0.1, 0.15) is 30.9 Å². The summed E-state index contributed by atoms with van der Waals surface area (Å²) in [5, 5.41) is 11.0. The van der Waals surface area contributed by atoms with Gasteiger partial charge >= 0.3 is 0 Å². The van der Waals surface area contributed by atoms with Crippen molar-refractivity contribution in [1.82, 2.24) is 4.90 Å². The van der Waals surface area contributed by atoms with Crippen LogP contribution in [0.4, 0.5) is 0 Å². The monoisotopic (exact) mass is 265 g/mol. The molecule has 0 spiro atoms. The van der Waals surface area contributed by atoms with E-state index in [4.69, 9.17) is 0 Å². The summed E-state index contributed by atoms with van der Waals surface area (Å²) in [5.41, 5.74) is 1.04. The molecule has 0 aliphatic carbocycles. The van der Waals surface area contributed by atoms with Gasteiger partial charge in [0.1, 0.15) is 0 Å². The summed E-state index contributed by atoms with van der Waals surface area (Å²) in [6.07, 6.45) is 5.32. The van der Waals surface area contributed by atoms with Gasteiger partial charge in [-0.15, -0.1) is 0 Å². The highest BCUT2D eigenvalue weighted by Crippen LogP contribution is 2.22. The standard InChI is InChI=1S/C15H23NOS/c1-18-14-7-10-16(11-8-14)12-9-15(17)13-5-3-2-4-6-13/h2-6,14-15,17H,7-12H2,1H3/t15-/m1/s1. The summed E-state index contributed by atoms with van der Waals surface area (Å²) in [6.45, 7) is 3.39. The molecule has 1 atom stereocenters. The van der Waals surface area contributed by atoms with E-state index < -0.39 is 0 Å². The van der Waals surface area contributed by atoms with Crippen molar-refractivity contribution in [2.75, 3.05) is 25.9 Å². The number of hydrogen-bond acceptors (Lipinski definition) is 3. The molecule has 1 aromatic carbocycles. The Labute approximate surface area is 114 Å². The fourth-order valence-corrected chi connectivity index (χ4v) is 3.20. The van der Waals surface area contributed by atoms with Gasteiger partial charge in [0.25, 0.3) is 0 Å². The van der Waals surface area contributed by atoms with Crippen LogP contribution in [0.25, 0.3) is 0 Å². The van der Waals surface area contributed by atoms with Gasteiger partial charge in [-0.25, -0.2) is 0 Å². The Bertz CT molecular complexity index is 336. The molecule has 0 unspecified atom stereocenters. The Morgan fingerprint density at radius 2 is 1.94 bits per heavy atom. The Kier molecular flexibility index (Phi) is 5.54. The van der Waals surface area contributed by atoms with E-state index in [9.17, 15) is 5.11 Å². The topological polar surface area (TPSA) is 23.5 Å². The zero-order valence-corrected chi connectivity index (χ0v) is 11.9. The van der Waals surface area contributed by atoms with E-state index in [1.54, 1.807) is 0 Å². The molecule has 1 aliphatic rings. The fraction of sp³-hybridized carbons (Fsp3) is 0.600. The summed E-state index contributed by atoms with van der Waals surface area (Å²) >= 11 is 1.99. The molecule has 1 saturated heterocycles. The Morgan fingerprint density at radius 1 is 1.28 bits per heavy atom. The minimum Gasteiger partial charge on any atom is -0.388 e. The average molecular weight is 265 g/mol. The minimum atomic E-state index is -0.315. The summed E-state index contributed by atoms with van der Waals surface area (Å²) in [7, 11) is 0. The third-order valence-corrected chi connectivity index (χ3v) is 4.91. The van der Waals surface area contributed by atoms with E-state index in [1.165, 1.54) is 25.9 Å². The van der Waals surface area contributed by atoms with E-state index in [-0.39, 0.29) is 6.10 Å². The van der Waals surface area contributed by atoms with Crippen LogP contribution in [0.15, 0.2) is 30.3 Å².